The van der Waals surface area contributed by atoms with E-state index in [-0.39, 0.29) is 5.41 Å². The van der Waals surface area contributed by atoms with Gasteiger partial charge in [-0.2, -0.15) is 0 Å². The van der Waals surface area contributed by atoms with Crippen LogP contribution in [-0.4, -0.2) is 35.1 Å². The molecule has 0 bridgehead atoms. The SMILES string of the molecule is O=C(O)C12CC1CN(C1CCC3CC31)C2. The summed E-state index contributed by atoms with van der Waals surface area (Å²) in [6.07, 6.45) is 5.10. The molecule has 5 unspecified atom stereocenters. The Labute approximate surface area is 89.4 Å². The molecule has 3 nitrogen and oxygen atoms in total. The molecular formula is C12H17NO2. The third kappa shape index (κ3) is 0.975. The third-order valence-electron chi connectivity index (χ3n) is 5.37. The molecule has 0 aromatic heterocycles. The molecule has 82 valence electrons. The van der Waals surface area contributed by atoms with Gasteiger partial charge >= 0.3 is 5.97 Å². The van der Waals surface area contributed by atoms with Crippen molar-refractivity contribution in [3.05, 3.63) is 0 Å². The zero-order valence-corrected chi connectivity index (χ0v) is 8.85. The number of rotatable bonds is 2. The van der Waals surface area contributed by atoms with E-state index in [1.807, 2.05) is 0 Å². The minimum atomic E-state index is -0.541. The van der Waals surface area contributed by atoms with Gasteiger partial charge in [0.1, 0.15) is 0 Å². The highest BCUT2D eigenvalue weighted by Gasteiger charge is 2.67. The van der Waals surface area contributed by atoms with Gasteiger partial charge in [-0.15, -0.1) is 0 Å². The van der Waals surface area contributed by atoms with Gasteiger partial charge in [0.05, 0.1) is 5.41 Å². The lowest BCUT2D eigenvalue weighted by Crippen LogP contribution is -2.37. The highest BCUT2D eigenvalue weighted by atomic mass is 16.4. The number of aliphatic carboxylic acids is 1. The summed E-state index contributed by atoms with van der Waals surface area (Å²) in [7, 11) is 0. The maximum atomic E-state index is 11.2. The van der Waals surface area contributed by atoms with Gasteiger partial charge in [-0.05, 0) is 43.4 Å². The number of nitrogens with zero attached hydrogens (tertiary/aromatic N) is 1. The van der Waals surface area contributed by atoms with Crippen LogP contribution >= 0.6 is 0 Å². The normalized spacial score (nSPS) is 56.3. The molecule has 1 saturated heterocycles. The van der Waals surface area contributed by atoms with Gasteiger partial charge in [-0.1, -0.05) is 0 Å². The molecule has 1 N–H and O–H groups in total. The lowest BCUT2D eigenvalue weighted by atomic mass is 10.1. The summed E-state index contributed by atoms with van der Waals surface area (Å²) in [6.45, 7) is 1.92. The van der Waals surface area contributed by atoms with Gasteiger partial charge in [-0.3, -0.25) is 9.69 Å². The Morgan fingerprint density at radius 2 is 2.27 bits per heavy atom. The summed E-state index contributed by atoms with van der Waals surface area (Å²) in [4.78, 5) is 13.7. The smallest absolute Gasteiger partial charge is 0.311 e. The van der Waals surface area contributed by atoms with Crippen molar-refractivity contribution in [1.29, 1.82) is 0 Å². The van der Waals surface area contributed by atoms with Crippen LogP contribution in [0, 0.1) is 23.2 Å². The first-order valence-corrected chi connectivity index (χ1v) is 6.18. The maximum absolute atomic E-state index is 11.2. The Hall–Kier alpha value is -0.570. The minimum absolute atomic E-state index is 0.313. The van der Waals surface area contributed by atoms with E-state index in [1.165, 1.54) is 19.3 Å². The number of hydrogen-bond acceptors (Lipinski definition) is 2. The number of piperidine rings is 1. The van der Waals surface area contributed by atoms with Gasteiger partial charge in [0, 0.05) is 19.1 Å². The molecule has 3 heteroatoms. The first-order chi connectivity index (χ1) is 7.21. The molecule has 0 spiro atoms. The number of hydrogen-bond donors (Lipinski definition) is 1. The fourth-order valence-electron chi connectivity index (χ4n) is 4.23. The fourth-order valence-corrected chi connectivity index (χ4v) is 4.23. The summed E-state index contributed by atoms with van der Waals surface area (Å²) >= 11 is 0. The van der Waals surface area contributed by atoms with Crippen molar-refractivity contribution < 1.29 is 9.90 Å². The highest BCUT2D eigenvalue weighted by molar-refractivity contribution is 5.79. The highest BCUT2D eigenvalue weighted by Crippen LogP contribution is 2.61. The van der Waals surface area contributed by atoms with Crippen LogP contribution in [0.15, 0.2) is 0 Å². The quantitative estimate of drug-likeness (QED) is 0.739. The molecule has 0 aromatic rings. The summed E-state index contributed by atoms with van der Waals surface area (Å²) in [5.74, 6) is 1.88. The minimum Gasteiger partial charge on any atom is -0.481 e. The maximum Gasteiger partial charge on any atom is 0.311 e. The fraction of sp³-hybridized carbons (Fsp3) is 0.917. The van der Waals surface area contributed by atoms with Crippen molar-refractivity contribution in [1.82, 2.24) is 4.90 Å². The van der Waals surface area contributed by atoms with E-state index < -0.39 is 5.97 Å². The van der Waals surface area contributed by atoms with E-state index in [2.05, 4.69) is 4.90 Å². The van der Waals surface area contributed by atoms with Crippen LogP contribution in [0.1, 0.15) is 25.7 Å². The molecule has 4 rings (SSSR count). The lowest BCUT2D eigenvalue weighted by Gasteiger charge is -2.27. The molecule has 4 fully saturated rings. The second-order valence-electron chi connectivity index (χ2n) is 6.10. The standard InChI is InChI=1S/C12H17NO2/c14-11(15)12-4-8(12)5-13(6-12)10-2-1-7-3-9(7)10/h7-10H,1-6H2,(H,14,15). The largest absolute Gasteiger partial charge is 0.481 e. The molecule has 5 atom stereocenters. The van der Waals surface area contributed by atoms with Crippen LogP contribution in [0.4, 0.5) is 0 Å². The first kappa shape index (κ1) is 8.57. The third-order valence-corrected chi connectivity index (χ3v) is 5.37. The Balaban J connectivity index is 1.51. The number of carbonyl (C=O) groups is 1. The van der Waals surface area contributed by atoms with E-state index in [0.717, 1.165) is 37.4 Å². The van der Waals surface area contributed by atoms with Gasteiger partial charge in [-0.25, -0.2) is 0 Å². The van der Waals surface area contributed by atoms with E-state index in [0.29, 0.717) is 5.92 Å². The van der Waals surface area contributed by atoms with Crippen molar-refractivity contribution in [2.45, 2.75) is 31.7 Å². The zero-order valence-electron chi connectivity index (χ0n) is 8.85. The van der Waals surface area contributed by atoms with Crippen LogP contribution in [0.2, 0.25) is 0 Å². The molecule has 1 heterocycles. The van der Waals surface area contributed by atoms with Crippen LogP contribution in [0.25, 0.3) is 0 Å². The average Bonchev–Trinajstić information content (AvgIpc) is 3.05. The predicted octanol–water partition coefficient (Wildman–Crippen LogP) is 1.19. The Bertz CT molecular complexity index is 343. The van der Waals surface area contributed by atoms with Crippen molar-refractivity contribution in [3.8, 4) is 0 Å². The van der Waals surface area contributed by atoms with Crippen LogP contribution in [-0.2, 0) is 4.79 Å². The van der Waals surface area contributed by atoms with Gasteiger partial charge in [0.2, 0.25) is 0 Å². The van der Waals surface area contributed by atoms with Crippen molar-refractivity contribution in [3.63, 3.8) is 0 Å². The van der Waals surface area contributed by atoms with Crippen molar-refractivity contribution in [2.24, 2.45) is 23.2 Å². The molecule has 0 aromatic carbocycles. The number of carboxylic acids is 1. The van der Waals surface area contributed by atoms with Crippen molar-refractivity contribution >= 4 is 5.97 Å². The second-order valence-corrected chi connectivity index (χ2v) is 6.10. The summed E-state index contributed by atoms with van der Waals surface area (Å²) in [5.41, 5.74) is -0.313. The van der Waals surface area contributed by atoms with Crippen LogP contribution < -0.4 is 0 Å². The molecule has 0 radical (unpaired) electrons. The van der Waals surface area contributed by atoms with Crippen LogP contribution in [0.3, 0.4) is 0 Å². The second kappa shape index (κ2) is 2.40. The van der Waals surface area contributed by atoms with Crippen LogP contribution in [0.5, 0.6) is 0 Å². The summed E-state index contributed by atoms with van der Waals surface area (Å²) in [5, 5.41) is 9.22. The number of likely N-dealkylation sites (tertiary alicyclic amines) is 1. The Kier molecular flexibility index (Phi) is 1.37. The molecule has 15 heavy (non-hydrogen) atoms. The molecule has 4 aliphatic rings. The predicted molar refractivity (Wildman–Crippen MR) is 54.4 cm³/mol. The molecule has 3 aliphatic carbocycles. The number of carboxylic acid groups (broad SMARTS) is 1. The lowest BCUT2D eigenvalue weighted by molar-refractivity contribution is -0.143. The molecule has 3 saturated carbocycles. The van der Waals surface area contributed by atoms with E-state index >= 15 is 0 Å². The Morgan fingerprint density at radius 3 is 2.80 bits per heavy atom. The van der Waals surface area contributed by atoms with E-state index in [4.69, 9.17) is 0 Å². The van der Waals surface area contributed by atoms with Crippen molar-refractivity contribution in [2.75, 3.05) is 13.1 Å². The molecule has 1 aliphatic heterocycles. The topological polar surface area (TPSA) is 40.5 Å². The summed E-state index contributed by atoms with van der Waals surface area (Å²) < 4.78 is 0. The molecular weight excluding hydrogens is 190 g/mol. The number of fused-ring (bicyclic) bond motifs is 2. The van der Waals surface area contributed by atoms with Gasteiger partial charge in [0.25, 0.3) is 0 Å². The monoisotopic (exact) mass is 207 g/mol. The van der Waals surface area contributed by atoms with Gasteiger partial charge < -0.3 is 5.11 Å². The zero-order chi connectivity index (χ0) is 10.2. The molecule has 0 amide bonds. The van der Waals surface area contributed by atoms with Gasteiger partial charge in [0.15, 0.2) is 0 Å². The first-order valence-electron chi connectivity index (χ1n) is 6.18. The Morgan fingerprint density at radius 1 is 1.40 bits per heavy atom. The van der Waals surface area contributed by atoms with E-state index in [1.54, 1.807) is 0 Å². The summed E-state index contributed by atoms with van der Waals surface area (Å²) in [6, 6.07) is 0.749. The average molecular weight is 207 g/mol. The van der Waals surface area contributed by atoms with E-state index in [9.17, 15) is 9.90 Å².